The summed E-state index contributed by atoms with van der Waals surface area (Å²) in [6.45, 7) is 7.57. The van der Waals surface area contributed by atoms with Crippen molar-refractivity contribution in [3.05, 3.63) is 30.1 Å². The van der Waals surface area contributed by atoms with E-state index in [1.54, 1.807) is 19.3 Å². The Balaban J connectivity index is 2.40. The van der Waals surface area contributed by atoms with Crippen molar-refractivity contribution in [2.75, 3.05) is 0 Å². The van der Waals surface area contributed by atoms with Crippen LogP contribution in [0.4, 0.5) is 0 Å². The number of hydrogen-bond donors (Lipinski definition) is 0. The molecule has 4 nitrogen and oxygen atoms in total. The van der Waals surface area contributed by atoms with E-state index in [2.05, 4.69) is 4.98 Å². The van der Waals surface area contributed by atoms with E-state index in [0.29, 0.717) is 6.61 Å². The Morgan fingerprint density at radius 3 is 2.47 bits per heavy atom. The van der Waals surface area contributed by atoms with Crippen molar-refractivity contribution in [1.82, 2.24) is 4.98 Å². The first-order chi connectivity index (χ1) is 7.88. The van der Waals surface area contributed by atoms with Gasteiger partial charge < -0.3 is 9.47 Å². The molecule has 1 rings (SSSR count). The zero-order valence-electron chi connectivity index (χ0n) is 10.8. The molecule has 1 aromatic rings. The molecule has 0 radical (unpaired) electrons. The van der Waals surface area contributed by atoms with Crippen LogP contribution in [0.25, 0.3) is 0 Å². The normalized spacial score (nSPS) is 13.2. The zero-order valence-corrected chi connectivity index (χ0v) is 10.8. The first-order valence-electron chi connectivity index (χ1n) is 5.62. The Bertz CT molecular complexity index is 357. The van der Waals surface area contributed by atoms with Gasteiger partial charge in [-0.2, -0.15) is 0 Å². The average molecular weight is 237 g/mol. The summed E-state index contributed by atoms with van der Waals surface area (Å²) in [5.41, 5.74) is 0.501. The third-order valence-corrected chi connectivity index (χ3v) is 1.99. The summed E-state index contributed by atoms with van der Waals surface area (Å²) in [6.07, 6.45) is 2.82. The van der Waals surface area contributed by atoms with Gasteiger partial charge in [0.2, 0.25) is 0 Å². The van der Waals surface area contributed by atoms with Crippen molar-refractivity contribution < 1.29 is 14.3 Å². The molecule has 0 spiro atoms. The smallest absolute Gasteiger partial charge is 0.335 e. The lowest BCUT2D eigenvalue weighted by atomic mass is 10.2. The standard InChI is InChI=1S/C13H19NO3/c1-10(12(15)17-13(2,3)4)16-9-11-5-7-14-8-6-11/h5-8,10H,9H2,1-4H3. The highest BCUT2D eigenvalue weighted by atomic mass is 16.6. The molecule has 1 atom stereocenters. The molecule has 1 unspecified atom stereocenters. The van der Waals surface area contributed by atoms with Crippen LogP contribution in [0, 0.1) is 0 Å². The Kier molecular flexibility index (Phi) is 4.63. The summed E-state index contributed by atoms with van der Waals surface area (Å²) in [4.78, 5) is 15.5. The second kappa shape index (κ2) is 5.77. The molecule has 0 aromatic carbocycles. The van der Waals surface area contributed by atoms with Gasteiger partial charge in [0.05, 0.1) is 6.61 Å². The fourth-order valence-corrected chi connectivity index (χ4v) is 1.15. The first-order valence-corrected chi connectivity index (χ1v) is 5.62. The predicted molar refractivity (Wildman–Crippen MR) is 64.3 cm³/mol. The van der Waals surface area contributed by atoms with E-state index in [0.717, 1.165) is 5.56 Å². The molecule has 17 heavy (non-hydrogen) atoms. The van der Waals surface area contributed by atoms with Crippen molar-refractivity contribution in [3.8, 4) is 0 Å². The lowest BCUT2D eigenvalue weighted by Gasteiger charge is -2.22. The number of carbonyl (C=O) groups excluding carboxylic acids is 1. The van der Waals surface area contributed by atoms with Crippen molar-refractivity contribution in [2.24, 2.45) is 0 Å². The van der Waals surface area contributed by atoms with Crippen LogP contribution >= 0.6 is 0 Å². The first kappa shape index (κ1) is 13.6. The van der Waals surface area contributed by atoms with Crippen molar-refractivity contribution in [2.45, 2.75) is 46.0 Å². The van der Waals surface area contributed by atoms with Crippen LogP contribution in [0.1, 0.15) is 33.3 Å². The van der Waals surface area contributed by atoms with Crippen LogP contribution in [0.3, 0.4) is 0 Å². The van der Waals surface area contributed by atoms with Crippen LogP contribution in [-0.4, -0.2) is 22.7 Å². The molecule has 0 bridgehead atoms. The summed E-state index contributed by atoms with van der Waals surface area (Å²) >= 11 is 0. The van der Waals surface area contributed by atoms with Gasteiger partial charge >= 0.3 is 5.97 Å². The maximum absolute atomic E-state index is 11.6. The number of rotatable bonds is 4. The van der Waals surface area contributed by atoms with E-state index in [9.17, 15) is 4.79 Å². The van der Waals surface area contributed by atoms with Crippen molar-refractivity contribution in [3.63, 3.8) is 0 Å². The van der Waals surface area contributed by atoms with Gasteiger partial charge in [0.1, 0.15) is 5.60 Å². The lowest BCUT2D eigenvalue weighted by Crippen LogP contribution is -2.31. The molecule has 0 aliphatic heterocycles. The monoisotopic (exact) mass is 237 g/mol. The van der Waals surface area contributed by atoms with E-state index in [1.807, 2.05) is 32.9 Å². The van der Waals surface area contributed by atoms with Crippen LogP contribution in [-0.2, 0) is 20.9 Å². The highest BCUT2D eigenvalue weighted by Gasteiger charge is 2.21. The SMILES string of the molecule is CC(OCc1ccncc1)C(=O)OC(C)(C)C. The summed E-state index contributed by atoms with van der Waals surface area (Å²) in [6, 6.07) is 3.70. The largest absolute Gasteiger partial charge is 0.458 e. The second-order valence-electron chi connectivity index (χ2n) is 4.84. The lowest BCUT2D eigenvalue weighted by molar-refractivity contribution is -0.168. The van der Waals surface area contributed by atoms with Gasteiger partial charge in [-0.1, -0.05) is 0 Å². The molecule has 0 saturated heterocycles. The molecule has 0 aliphatic rings. The fourth-order valence-electron chi connectivity index (χ4n) is 1.15. The molecule has 0 fully saturated rings. The minimum atomic E-state index is -0.567. The minimum absolute atomic E-state index is 0.341. The van der Waals surface area contributed by atoms with E-state index >= 15 is 0 Å². The molecule has 0 saturated carbocycles. The van der Waals surface area contributed by atoms with Crippen LogP contribution in [0.2, 0.25) is 0 Å². The van der Waals surface area contributed by atoms with E-state index in [1.165, 1.54) is 0 Å². The van der Waals surface area contributed by atoms with Gasteiger partial charge in [-0.05, 0) is 45.4 Å². The molecule has 0 aliphatic carbocycles. The molecular weight excluding hydrogens is 218 g/mol. The number of nitrogens with zero attached hydrogens (tertiary/aromatic N) is 1. The number of esters is 1. The maximum Gasteiger partial charge on any atom is 0.335 e. The minimum Gasteiger partial charge on any atom is -0.458 e. The van der Waals surface area contributed by atoms with Crippen LogP contribution in [0.15, 0.2) is 24.5 Å². The zero-order chi connectivity index (χ0) is 12.9. The number of hydrogen-bond acceptors (Lipinski definition) is 4. The third-order valence-electron chi connectivity index (χ3n) is 1.99. The van der Waals surface area contributed by atoms with Gasteiger partial charge in [-0.25, -0.2) is 4.79 Å². The van der Waals surface area contributed by atoms with Gasteiger partial charge in [-0.3, -0.25) is 4.98 Å². The number of carbonyl (C=O) groups is 1. The second-order valence-corrected chi connectivity index (χ2v) is 4.84. The van der Waals surface area contributed by atoms with E-state index < -0.39 is 11.7 Å². The average Bonchev–Trinajstić information content (AvgIpc) is 2.25. The fraction of sp³-hybridized carbons (Fsp3) is 0.538. The maximum atomic E-state index is 11.6. The number of pyridine rings is 1. The van der Waals surface area contributed by atoms with Crippen LogP contribution < -0.4 is 0 Å². The number of ether oxygens (including phenoxy) is 2. The van der Waals surface area contributed by atoms with Crippen molar-refractivity contribution in [1.29, 1.82) is 0 Å². The van der Waals surface area contributed by atoms with Gasteiger partial charge in [-0.15, -0.1) is 0 Å². The van der Waals surface area contributed by atoms with E-state index in [-0.39, 0.29) is 5.97 Å². The van der Waals surface area contributed by atoms with Crippen LogP contribution in [0.5, 0.6) is 0 Å². The number of aromatic nitrogens is 1. The molecular formula is C13H19NO3. The molecule has 94 valence electrons. The summed E-state index contributed by atoms with van der Waals surface area (Å²) in [5, 5.41) is 0. The summed E-state index contributed by atoms with van der Waals surface area (Å²) in [5.74, 6) is -0.341. The quantitative estimate of drug-likeness (QED) is 0.754. The Hall–Kier alpha value is -1.42. The predicted octanol–water partition coefficient (Wildman–Crippen LogP) is 2.33. The molecule has 1 aromatic heterocycles. The Morgan fingerprint density at radius 1 is 1.35 bits per heavy atom. The molecule has 0 N–H and O–H groups in total. The Labute approximate surface area is 102 Å². The molecule has 0 amide bonds. The summed E-state index contributed by atoms with van der Waals surface area (Å²) in [7, 11) is 0. The Morgan fingerprint density at radius 2 is 1.94 bits per heavy atom. The van der Waals surface area contributed by atoms with Gasteiger partial charge in [0.15, 0.2) is 6.10 Å². The highest BCUT2D eigenvalue weighted by Crippen LogP contribution is 2.10. The van der Waals surface area contributed by atoms with Gasteiger partial charge in [0.25, 0.3) is 0 Å². The summed E-state index contributed by atoms with van der Waals surface area (Å²) < 4.78 is 10.6. The van der Waals surface area contributed by atoms with E-state index in [4.69, 9.17) is 9.47 Å². The molecule has 1 heterocycles. The topological polar surface area (TPSA) is 48.4 Å². The van der Waals surface area contributed by atoms with Crippen molar-refractivity contribution >= 4 is 5.97 Å². The molecule has 4 heteroatoms. The third kappa shape index (κ3) is 5.45. The van der Waals surface area contributed by atoms with Gasteiger partial charge in [0, 0.05) is 12.4 Å². The highest BCUT2D eigenvalue weighted by molar-refractivity contribution is 5.74.